The first-order valence-corrected chi connectivity index (χ1v) is 14.2. The van der Waals surface area contributed by atoms with Gasteiger partial charge in [-0.05, 0) is 61.7 Å². The van der Waals surface area contributed by atoms with E-state index in [2.05, 4.69) is 57.3 Å². The highest BCUT2D eigenvalue weighted by Crippen LogP contribution is 2.33. The number of rotatable bonds is 9. The minimum Gasteiger partial charge on any atom is -0.486 e. The monoisotopic (exact) mass is 548 g/mol. The van der Waals surface area contributed by atoms with Gasteiger partial charge in [0.05, 0.1) is 21.3 Å². The van der Waals surface area contributed by atoms with Gasteiger partial charge in [0.1, 0.15) is 11.9 Å². The number of hydrogen-bond acceptors (Lipinski definition) is 4. The summed E-state index contributed by atoms with van der Waals surface area (Å²) in [5.74, 6) is 0.716. The molecule has 198 valence electrons. The number of aromatic amines is 1. The number of hydrogen-bond donors (Lipinski definition) is 1. The van der Waals surface area contributed by atoms with E-state index in [0.717, 1.165) is 46.9 Å². The summed E-state index contributed by atoms with van der Waals surface area (Å²) in [5, 5.41) is 9.58. The largest absolute Gasteiger partial charge is 0.486 e. The van der Waals surface area contributed by atoms with Crippen molar-refractivity contribution in [3.63, 3.8) is 0 Å². The zero-order chi connectivity index (χ0) is 26.5. The number of nitrogens with zero attached hydrogens (tertiary/aromatic N) is 3. The smallest absolute Gasteiger partial charge is 0.124 e. The van der Waals surface area contributed by atoms with Crippen molar-refractivity contribution in [3.05, 3.63) is 87.3 Å². The lowest BCUT2D eigenvalue weighted by Gasteiger charge is -2.33. The molecule has 2 heterocycles. The molecule has 2 aromatic carbocycles. The van der Waals surface area contributed by atoms with Gasteiger partial charge in [-0.1, -0.05) is 79.7 Å². The highest BCUT2D eigenvalue weighted by atomic mass is 35.5. The molecular weight excluding hydrogens is 515 g/mol. The van der Waals surface area contributed by atoms with Crippen LogP contribution in [0.2, 0.25) is 10.0 Å². The van der Waals surface area contributed by atoms with Gasteiger partial charge < -0.3 is 4.74 Å². The second-order valence-electron chi connectivity index (χ2n) is 10.0. The summed E-state index contributed by atoms with van der Waals surface area (Å²) in [6.45, 7) is 6.32. The van der Waals surface area contributed by atoms with Crippen LogP contribution in [0.5, 0.6) is 5.75 Å². The summed E-state index contributed by atoms with van der Waals surface area (Å²) in [4.78, 5) is 6.66. The zero-order valence-corrected chi connectivity index (χ0v) is 23.5. The van der Waals surface area contributed by atoms with Crippen molar-refractivity contribution in [2.24, 2.45) is 0 Å². The fourth-order valence-corrected chi connectivity index (χ4v) is 6.05. The Balaban J connectivity index is 1.27. The van der Waals surface area contributed by atoms with E-state index in [0.29, 0.717) is 15.8 Å². The average molecular weight is 550 g/mol. The summed E-state index contributed by atoms with van der Waals surface area (Å²) in [6, 6.07) is 15.5. The molecule has 1 N–H and O–H groups in total. The van der Waals surface area contributed by atoms with Gasteiger partial charge in [0.2, 0.25) is 0 Å². The molecule has 0 spiro atoms. The molecule has 1 fully saturated rings. The normalized spacial score (nSPS) is 15.5. The van der Waals surface area contributed by atoms with Gasteiger partial charge in [-0.3, -0.25) is 15.0 Å². The van der Waals surface area contributed by atoms with Crippen molar-refractivity contribution in [2.75, 3.05) is 6.54 Å². The number of fused-ring (bicyclic) bond motifs is 1. The molecule has 2 aromatic heterocycles. The van der Waals surface area contributed by atoms with Gasteiger partial charge in [0.25, 0.3) is 0 Å². The average Bonchev–Trinajstić information content (AvgIpc) is 3.34. The van der Waals surface area contributed by atoms with E-state index < -0.39 is 0 Å². The van der Waals surface area contributed by atoms with Gasteiger partial charge in [-0.25, -0.2) is 0 Å². The van der Waals surface area contributed by atoms with Crippen LogP contribution in [-0.2, 0) is 6.54 Å². The lowest BCUT2D eigenvalue weighted by Crippen LogP contribution is -2.36. The molecule has 0 aliphatic heterocycles. The molecule has 0 amide bonds. The number of H-pyrrole nitrogens is 1. The first kappa shape index (κ1) is 26.7. The molecule has 7 heteroatoms. The Morgan fingerprint density at radius 2 is 1.76 bits per heavy atom. The van der Waals surface area contributed by atoms with E-state index in [1.54, 1.807) is 12.4 Å². The van der Waals surface area contributed by atoms with Crippen LogP contribution in [0.4, 0.5) is 0 Å². The molecule has 1 unspecified atom stereocenters. The Kier molecular flexibility index (Phi) is 8.68. The van der Waals surface area contributed by atoms with Crippen LogP contribution < -0.4 is 4.74 Å². The van der Waals surface area contributed by atoms with E-state index in [1.807, 2.05) is 31.2 Å². The maximum Gasteiger partial charge on any atom is 0.124 e. The third-order valence-corrected chi connectivity index (χ3v) is 8.07. The molecule has 5 nitrogen and oxygen atoms in total. The summed E-state index contributed by atoms with van der Waals surface area (Å²) in [6.07, 6.45) is 13.8. The number of ether oxygens (including phenoxy) is 1. The first-order chi connectivity index (χ1) is 18.5. The molecular formula is C31H34Cl2N4O. The third-order valence-electron chi connectivity index (χ3n) is 7.47. The Labute approximate surface area is 234 Å². The highest BCUT2D eigenvalue weighted by Gasteiger charge is 2.20. The second-order valence-corrected chi connectivity index (χ2v) is 10.8. The molecule has 0 saturated heterocycles. The molecule has 1 saturated carbocycles. The molecule has 1 aliphatic rings. The second kappa shape index (κ2) is 12.3. The van der Waals surface area contributed by atoms with Crippen LogP contribution in [0.1, 0.15) is 74.4 Å². The fraction of sp³-hybridized carbons (Fsp3) is 0.355. The summed E-state index contributed by atoms with van der Waals surface area (Å²) in [7, 11) is 0. The highest BCUT2D eigenvalue weighted by molar-refractivity contribution is 6.35. The van der Waals surface area contributed by atoms with Crippen molar-refractivity contribution >= 4 is 46.3 Å². The topological polar surface area (TPSA) is 54.0 Å². The summed E-state index contributed by atoms with van der Waals surface area (Å²) < 4.78 is 6.19. The van der Waals surface area contributed by atoms with E-state index >= 15 is 0 Å². The quantitative estimate of drug-likeness (QED) is 0.227. The van der Waals surface area contributed by atoms with Crippen LogP contribution >= 0.6 is 23.2 Å². The molecule has 5 rings (SSSR count). The lowest BCUT2D eigenvalue weighted by molar-refractivity contribution is 0.156. The minimum atomic E-state index is -0.332. The molecule has 4 aromatic rings. The van der Waals surface area contributed by atoms with Gasteiger partial charge in [0, 0.05) is 35.9 Å². The SMILES string of the molecule is CCN(Cc1ccc(/C=C/c2n[nH]c3ccc(OC(C)c4c(Cl)cncc4Cl)cc23)cc1)C1CCCCC1. The first-order valence-electron chi connectivity index (χ1n) is 13.5. The van der Waals surface area contributed by atoms with Gasteiger partial charge in [0.15, 0.2) is 0 Å². The number of pyridine rings is 1. The molecule has 1 atom stereocenters. The van der Waals surface area contributed by atoms with Gasteiger partial charge in [-0.15, -0.1) is 0 Å². The van der Waals surface area contributed by atoms with Crippen LogP contribution in [0, 0.1) is 0 Å². The van der Waals surface area contributed by atoms with Gasteiger partial charge in [-0.2, -0.15) is 5.10 Å². The predicted octanol–water partition coefficient (Wildman–Crippen LogP) is 8.73. The van der Waals surface area contributed by atoms with Crippen molar-refractivity contribution in [3.8, 4) is 5.75 Å². The Morgan fingerprint density at radius 3 is 2.47 bits per heavy atom. The van der Waals surface area contributed by atoms with E-state index in [1.165, 1.54) is 37.7 Å². The molecule has 0 radical (unpaired) electrons. The van der Waals surface area contributed by atoms with E-state index in [-0.39, 0.29) is 6.10 Å². The standard InChI is InChI=1S/C31H34Cl2N4O/c1-3-37(24-7-5-4-6-8-24)20-23-11-9-22(10-12-23)13-15-29-26-17-25(14-16-30(26)36-35-29)38-21(2)31-27(32)18-34-19-28(31)33/h9-19,21,24H,3-8,20H2,1-2H3,(H,35,36)/b15-13+. The van der Waals surface area contributed by atoms with Crippen LogP contribution in [0.25, 0.3) is 23.1 Å². The van der Waals surface area contributed by atoms with Crippen molar-refractivity contribution in [1.29, 1.82) is 0 Å². The number of halogens is 2. The van der Waals surface area contributed by atoms with Crippen molar-refractivity contribution in [2.45, 2.75) is 64.6 Å². The maximum absolute atomic E-state index is 6.32. The summed E-state index contributed by atoms with van der Waals surface area (Å²) in [5.41, 5.74) is 5.04. The lowest BCUT2D eigenvalue weighted by atomic mass is 9.94. The van der Waals surface area contributed by atoms with Gasteiger partial charge >= 0.3 is 0 Å². The number of benzene rings is 2. The molecule has 1 aliphatic carbocycles. The maximum atomic E-state index is 6.32. The Morgan fingerprint density at radius 1 is 1.03 bits per heavy atom. The van der Waals surface area contributed by atoms with Crippen molar-refractivity contribution in [1.82, 2.24) is 20.1 Å². The van der Waals surface area contributed by atoms with Crippen LogP contribution in [0.15, 0.2) is 54.9 Å². The Bertz CT molecular complexity index is 1370. The fourth-order valence-electron chi connectivity index (χ4n) is 5.38. The summed E-state index contributed by atoms with van der Waals surface area (Å²) >= 11 is 12.6. The number of aromatic nitrogens is 3. The van der Waals surface area contributed by atoms with E-state index in [4.69, 9.17) is 27.9 Å². The minimum absolute atomic E-state index is 0.332. The molecule has 38 heavy (non-hydrogen) atoms. The van der Waals surface area contributed by atoms with E-state index in [9.17, 15) is 0 Å². The van der Waals surface area contributed by atoms with Crippen LogP contribution in [-0.4, -0.2) is 32.7 Å². The third kappa shape index (κ3) is 6.23. The predicted molar refractivity (Wildman–Crippen MR) is 158 cm³/mol. The Hall–Kier alpha value is -2.86. The van der Waals surface area contributed by atoms with Crippen LogP contribution in [0.3, 0.4) is 0 Å². The zero-order valence-electron chi connectivity index (χ0n) is 22.0. The number of nitrogens with one attached hydrogen (secondary N) is 1. The molecule has 0 bridgehead atoms. The van der Waals surface area contributed by atoms with Crippen molar-refractivity contribution < 1.29 is 4.74 Å².